The second-order valence-electron chi connectivity index (χ2n) is 9.02. The number of aliphatic hydroxyl groups is 1. The SMILES string of the molecule is O=C(/C=C\Cc1ccccc1)N/C=C/C[C@H]1C[C@H]2C[C@H](O)C[C@H](Cc3cccc(O)c3C(=O)O1)O2. The van der Waals surface area contributed by atoms with Crippen LogP contribution in [0.4, 0.5) is 0 Å². The number of amides is 1. The van der Waals surface area contributed by atoms with Crippen LogP contribution in [0, 0.1) is 0 Å². The molecule has 0 radical (unpaired) electrons. The molecule has 0 saturated carbocycles. The number of ether oxygens (including phenoxy) is 2. The summed E-state index contributed by atoms with van der Waals surface area (Å²) in [7, 11) is 0. The van der Waals surface area contributed by atoms with Crippen LogP contribution in [0.15, 0.2) is 73.0 Å². The lowest BCUT2D eigenvalue weighted by atomic mass is 9.91. The Morgan fingerprint density at radius 3 is 2.66 bits per heavy atom. The molecule has 7 heteroatoms. The Bertz CT molecular complexity index is 1080. The number of phenols is 1. The summed E-state index contributed by atoms with van der Waals surface area (Å²) in [6, 6.07) is 14.8. The third-order valence-electron chi connectivity index (χ3n) is 6.24. The molecule has 1 amide bonds. The van der Waals surface area contributed by atoms with Crippen LogP contribution in [0.1, 0.15) is 47.2 Å². The molecular formula is C28H31NO6. The van der Waals surface area contributed by atoms with Crippen LogP contribution in [0.25, 0.3) is 0 Å². The van der Waals surface area contributed by atoms with Gasteiger partial charge in [-0.2, -0.15) is 0 Å². The number of phenolic OH excluding ortho intramolecular Hbond substituents is 1. The number of cyclic esters (lactones) is 1. The van der Waals surface area contributed by atoms with Crippen LogP contribution in [0.3, 0.4) is 0 Å². The van der Waals surface area contributed by atoms with Gasteiger partial charge in [0.1, 0.15) is 17.4 Å². The van der Waals surface area contributed by atoms with E-state index in [9.17, 15) is 19.8 Å². The van der Waals surface area contributed by atoms with Gasteiger partial charge in [-0.3, -0.25) is 4.79 Å². The second-order valence-corrected chi connectivity index (χ2v) is 9.02. The fourth-order valence-corrected chi connectivity index (χ4v) is 4.63. The van der Waals surface area contributed by atoms with E-state index in [-0.39, 0.29) is 29.4 Å². The first-order valence-corrected chi connectivity index (χ1v) is 12.0. The van der Waals surface area contributed by atoms with Crippen LogP contribution in [-0.4, -0.2) is 46.5 Å². The van der Waals surface area contributed by atoms with E-state index in [1.54, 1.807) is 24.3 Å². The molecule has 2 aromatic carbocycles. The lowest BCUT2D eigenvalue weighted by molar-refractivity contribution is -0.115. The van der Waals surface area contributed by atoms with Gasteiger partial charge in [0.25, 0.3) is 0 Å². The number of aliphatic hydroxyl groups excluding tert-OH is 1. The molecule has 1 saturated heterocycles. The molecule has 0 unspecified atom stereocenters. The van der Waals surface area contributed by atoms with Crippen molar-refractivity contribution in [1.29, 1.82) is 0 Å². The van der Waals surface area contributed by atoms with Crippen molar-refractivity contribution in [2.24, 2.45) is 0 Å². The Balaban J connectivity index is 1.38. The van der Waals surface area contributed by atoms with E-state index in [2.05, 4.69) is 5.32 Å². The first kappa shape index (κ1) is 24.7. The average molecular weight is 478 g/mol. The summed E-state index contributed by atoms with van der Waals surface area (Å²) in [4.78, 5) is 25.0. The summed E-state index contributed by atoms with van der Waals surface area (Å²) in [5.74, 6) is -0.963. The van der Waals surface area contributed by atoms with Crippen LogP contribution in [0.5, 0.6) is 5.75 Å². The Morgan fingerprint density at radius 1 is 1.03 bits per heavy atom. The van der Waals surface area contributed by atoms with Crippen molar-refractivity contribution in [3.05, 3.63) is 89.6 Å². The summed E-state index contributed by atoms with van der Waals surface area (Å²) >= 11 is 0. The van der Waals surface area contributed by atoms with Crippen LogP contribution < -0.4 is 5.32 Å². The number of rotatable bonds is 6. The molecule has 2 aliphatic heterocycles. The van der Waals surface area contributed by atoms with Gasteiger partial charge in [0.15, 0.2) is 0 Å². The number of carbonyl (C=O) groups is 2. The van der Waals surface area contributed by atoms with E-state index >= 15 is 0 Å². The second kappa shape index (κ2) is 11.8. The lowest BCUT2D eigenvalue weighted by Crippen LogP contribution is -2.40. The predicted molar refractivity (Wildman–Crippen MR) is 131 cm³/mol. The summed E-state index contributed by atoms with van der Waals surface area (Å²) < 4.78 is 11.9. The number of hydrogen-bond acceptors (Lipinski definition) is 6. The number of allylic oxidation sites excluding steroid dienone is 1. The largest absolute Gasteiger partial charge is 0.507 e. The number of aromatic hydroxyl groups is 1. The number of benzene rings is 2. The third-order valence-corrected chi connectivity index (χ3v) is 6.24. The molecule has 1 fully saturated rings. The van der Waals surface area contributed by atoms with Gasteiger partial charge >= 0.3 is 5.97 Å². The van der Waals surface area contributed by atoms with Gasteiger partial charge in [-0.1, -0.05) is 54.6 Å². The Hall–Kier alpha value is -3.42. The molecule has 7 nitrogen and oxygen atoms in total. The fourth-order valence-electron chi connectivity index (χ4n) is 4.63. The number of esters is 1. The molecule has 4 atom stereocenters. The molecule has 184 valence electrons. The van der Waals surface area contributed by atoms with Gasteiger partial charge < -0.3 is 25.0 Å². The minimum Gasteiger partial charge on any atom is -0.507 e. The third kappa shape index (κ3) is 7.04. The van der Waals surface area contributed by atoms with E-state index in [4.69, 9.17) is 9.47 Å². The highest BCUT2D eigenvalue weighted by atomic mass is 16.5. The van der Waals surface area contributed by atoms with Gasteiger partial charge in [0.05, 0.1) is 18.3 Å². The molecule has 2 aliphatic rings. The summed E-state index contributed by atoms with van der Waals surface area (Å²) in [5.41, 5.74) is 1.90. The van der Waals surface area contributed by atoms with E-state index in [1.807, 2.05) is 30.3 Å². The molecule has 0 spiro atoms. The molecule has 2 aromatic rings. The normalized spacial score (nSPS) is 24.7. The zero-order valence-corrected chi connectivity index (χ0v) is 19.5. The minimum atomic E-state index is -0.579. The van der Waals surface area contributed by atoms with Crippen LogP contribution >= 0.6 is 0 Å². The van der Waals surface area contributed by atoms with Crippen molar-refractivity contribution < 1.29 is 29.3 Å². The van der Waals surface area contributed by atoms with Crippen LogP contribution in [0.2, 0.25) is 0 Å². The summed E-state index contributed by atoms with van der Waals surface area (Å²) in [6.07, 6.45) is 7.84. The zero-order valence-electron chi connectivity index (χ0n) is 19.5. The highest BCUT2D eigenvalue weighted by Gasteiger charge is 2.34. The Morgan fingerprint density at radius 2 is 1.83 bits per heavy atom. The van der Waals surface area contributed by atoms with E-state index in [0.717, 1.165) is 5.56 Å². The van der Waals surface area contributed by atoms with Crippen molar-refractivity contribution in [2.75, 3.05) is 0 Å². The minimum absolute atomic E-state index is 0.134. The first-order valence-electron chi connectivity index (χ1n) is 12.0. The van der Waals surface area contributed by atoms with Gasteiger partial charge in [0.2, 0.25) is 5.91 Å². The zero-order chi connectivity index (χ0) is 24.6. The maximum atomic E-state index is 12.9. The number of nitrogens with one attached hydrogen (secondary N) is 1. The van der Waals surface area contributed by atoms with Gasteiger partial charge in [-0.05, 0) is 49.0 Å². The number of hydrogen-bond donors (Lipinski definition) is 3. The molecule has 0 aromatic heterocycles. The topological polar surface area (TPSA) is 105 Å². The predicted octanol–water partition coefficient (Wildman–Crippen LogP) is 3.59. The van der Waals surface area contributed by atoms with Gasteiger partial charge in [0, 0.05) is 19.0 Å². The molecule has 4 rings (SSSR count). The molecular weight excluding hydrogens is 446 g/mol. The van der Waals surface area contributed by atoms with Crippen molar-refractivity contribution in [3.8, 4) is 5.75 Å². The van der Waals surface area contributed by atoms with Crippen molar-refractivity contribution in [1.82, 2.24) is 5.32 Å². The standard InChI is InChI=1S/C28H31NO6/c30-21-16-23-15-20-10-5-12-25(31)27(20)28(33)35-22(18-24(17-21)34-23)11-6-14-29-26(32)13-4-9-19-7-2-1-3-8-19/h1-8,10,12-14,21-24,30-31H,9,11,15-18H2,(H,29,32)/b13-4-,14-6+/t21-,22+,23+,24-/m1/s1. The highest BCUT2D eigenvalue weighted by Crippen LogP contribution is 2.32. The smallest absolute Gasteiger partial charge is 0.342 e. The molecule has 2 bridgehead atoms. The van der Waals surface area contributed by atoms with E-state index in [0.29, 0.717) is 44.1 Å². The van der Waals surface area contributed by atoms with Crippen molar-refractivity contribution in [2.45, 2.75) is 62.9 Å². The number of fused-ring (bicyclic) bond motifs is 3. The first-order chi connectivity index (χ1) is 17.0. The maximum Gasteiger partial charge on any atom is 0.342 e. The fraction of sp³-hybridized carbons (Fsp3) is 0.357. The maximum absolute atomic E-state index is 12.9. The van der Waals surface area contributed by atoms with Gasteiger partial charge in [-0.25, -0.2) is 4.79 Å². The lowest BCUT2D eigenvalue weighted by Gasteiger charge is -2.36. The van der Waals surface area contributed by atoms with Crippen LogP contribution in [-0.2, 0) is 27.1 Å². The monoisotopic (exact) mass is 477 g/mol. The Kier molecular flexibility index (Phi) is 8.34. The average Bonchev–Trinajstić information content (AvgIpc) is 2.81. The van der Waals surface area contributed by atoms with Crippen molar-refractivity contribution in [3.63, 3.8) is 0 Å². The number of carbonyl (C=O) groups excluding carboxylic acids is 2. The van der Waals surface area contributed by atoms with E-state index in [1.165, 1.54) is 18.3 Å². The highest BCUT2D eigenvalue weighted by molar-refractivity contribution is 5.94. The molecule has 35 heavy (non-hydrogen) atoms. The van der Waals surface area contributed by atoms with E-state index < -0.39 is 18.2 Å². The molecule has 2 heterocycles. The van der Waals surface area contributed by atoms with Crippen molar-refractivity contribution >= 4 is 11.9 Å². The van der Waals surface area contributed by atoms with Gasteiger partial charge in [-0.15, -0.1) is 0 Å². The molecule has 3 N–H and O–H groups in total. The molecule has 0 aliphatic carbocycles. The summed E-state index contributed by atoms with van der Waals surface area (Å²) in [5, 5.41) is 23.4. The summed E-state index contributed by atoms with van der Waals surface area (Å²) in [6.45, 7) is 0. The quantitative estimate of drug-likeness (QED) is 0.434. The Labute approximate surface area is 205 Å².